The van der Waals surface area contributed by atoms with Crippen LogP contribution in [-0.4, -0.2) is 49.8 Å². The second kappa shape index (κ2) is 10.1. The highest BCUT2D eigenvalue weighted by atomic mass is 32.2. The Morgan fingerprint density at radius 1 is 1.26 bits per heavy atom. The summed E-state index contributed by atoms with van der Waals surface area (Å²) in [5.74, 6) is 0.226. The van der Waals surface area contributed by atoms with Crippen molar-refractivity contribution >= 4 is 34.7 Å². The Morgan fingerprint density at radius 3 is 2.58 bits per heavy atom. The van der Waals surface area contributed by atoms with Gasteiger partial charge < -0.3 is 14.6 Å². The number of para-hydroxylation sites is 2. The third-order valence-electron chi connectivity index (χ3n) is 5.70. The van der Waals surface area contributed by atoms with E-state index in [0.29, 0.717) is 12.5 Å². The van der Waals surface area contributed by atoms with Gasteiger partial charge in [0.25, 0.3) is 0 Å². The first-order chi connectivity index (χ1) is 14.7. The highest BCUT2D eigenvalue weighted by Gasteiger charge is 2.36. The number of carbonyl (C=O) groups excluding carboxylic acids is 1. The van der Waals surface area contributed by atoms with Crippen molar-refractivity contribution in [2.45, 2.75) is 83.5 Å². The molecule has 1 heterocycles. The first-order valence-corrected chi connectivity index (χ1v) is 12.3. The van der Waals surface area contributed by atoms with Crippen LogP contribution in [0.15, 0.2) is 29.4 Å². The van der Waals surface area contributed by atoms with Crippen LogP contribution < -0.4 is 0 Å². The zero-order valence-electron chi connectivity index (χ0n) is 19.1. The monoisotopic (exact) mass is 445 g/mol. The first-order valence-electron chi connectivity index (χ1n) is 11.4. The maximum Gasteiger partial charge on any atom is 0.327 e. The van der Waals surface area contributed by atoms with E-state index in [1.54, 1.807) is 11.8 Å². The lowest BCUT2D eigenvalue weighted by atomic mass is 9.86. The molecule has 3 rings (SSSR count). The molecule has 0 spiro atoms. The quantitative estimate of drug-likeness (QED) is 0.372. The molecule has 0 bridgehead atoms. The average molecular weight is 446 g/mol. The number of thioether (sulfide) groups is 1. The van der Waals surface area contributed by atoms with Gasteiger partial charge in [-0.1, -0.05) is 58.0 Å². The Hall–Kier alpha value is -2.02. The van der Waals surface area contributed by atoms with Gasteiger partial charge in [-0.25, -0.2) is 9.78 Å². The number of nitrogens with zero attached hydrogens (tertiary/aromatic N) is 3. The Labute approximate surface area is 189 Å². The highest BCUT2D eigenvalue weighted by Crippen LogP contribution is 2.37. The lowest BCUT2D eigenvalue weighted by Gasteiger charge is -2.30. The Morgan fingerprint density at radius 2 is 1.97 bits per heavy atom. The van der Waals surface area contributed by atoms with Crippen molar-refractivity contribution in [3.05, 3.63) is 24.3 Å². The lowest BCUT2D eigenvalue weighted by molar-refractivity contribution is -0.144. The highest BCUT2D eigenvalue weighted by molar-refractivity contribution is 7.99. The third-order valence-corrected chi connectivity index (χ3v) is 6.74. The molecule has 1 fully saturated rings. The van der Waals surface area contributed by atoms with Crippen molar-refractivity contribution in [3.8, 4) is 0 Å². The van der Waals surface area contributed by atoms with Gasteiger partial charge in [0.05, 0.1) is 11.0 Å². The van der Waals surface area contributed by atoms with Gasteiger partial charge in [0.15, 0.2) is 5.16 Å². The van der Waals surface area contributed by atoms with Crippen molar-refractivity contribution in [2.24, 2.45) is 5.41 Å². The zero-order chi connectivity index (χ0) is 22.6. The molecule has 1 unspecified atom stereocenters. The van der Waals surface area contributed by atoms with Gasteiger partial charge in [-0.3, -0.25) is 4.79 Å². The predicted octanol–water partition coefficient (Wildman–Crippen LogP) is 5.37. The summed E-state index contributed by atoms with van der Waals surface area (Å²) < 4.78 is 1.88. The molecule has 1 aromatic carbocycles. The number of amides is 1. The Balaban J connectivity index is 1.73. The topological polar surface area (TPSA) is 75.4 Å². The molecule has 0 radical (unpaired) electrons. The van der Waals surface area contributed by atoms with Gasteiger partial charge in [-0.15, -0.1) is 0 Å². The number of carbonyl (C=O) groups is 2. The van der Waals surface area contributed by atoms with E-state index in [1.807, 2.05) is 49.6 Å². The van der Waals surface area contributed by atoms with Gasteiger partial charge in [0, 0.05) is 24.8 Å². The molecule has 0 saturated heterocycles. The number of fused-ring (bicyclic) bond motifs is 1. The van der Waals surface area contributed by atoms with E-state index in [2.05, 4.69) is 11.8 Å². The largest absolute Gasteiger partial charge is 0.480 e. The number of aliphatic carboxylic acids is 1. The van der Waals surface area contributed by atoms with Gasteiger partial charge in [-0.05, 0) is 43.2 Å². The summed E-state index contributed by atoms with van der Waals surface area (Å²) >= 11 is 1.59. The maximum atomic E-state index is 12.5. The van der Waals surface area contributed by atoms with E-state index in [1.165, 1.54) is 0 Å². The number of hydrogen-bond acceptors (Lipinski definition) is 4. The van der Waals surface area contributed by atoms with Crippen molar-refractivity contribution in [1.82, 2.24) is 14.5 Å². The SMILES string of the molecule is CCCCC(=O)N(CCCSc1nc2ccccc2n1C(C(=O)O)C(C)(C)C)C1CC1. The van der Waals surface area contributed by atoms with Crippen LogP contribution in [0, 0.1) is 5.41 Å². The van der Waals surface area contributed by atoms with Crippen LogP contribution in [0.25, 0.3) is 11.0 Å². The van der Waals surface area contributed by atoms with Gasteiger partial charge in [-0.2, -0.15) is 0 Å². The summed E-state index contributed by atoms with van der Waals surface area (Å²) in [5, 5.41) is 10.7. The standard InChI is InChI=1S/C24H35N3O3S/c1-5-6-12-20(28)26(17-13-14-17)15-9-16-31-23-25-18-10-7-8-11-19(18)27(23)21(22(29)30)24(2,3)4/h7-8,10-11,17,21H,5-6,9,12-16H2,1-4H3,(H,29,30). The molecule has 0 aliphatic heterocycles. The molecule has 1 amide bonds. The molecule has 1 aliphatic rings. The van der Waals surface area contributed by atoms with E-state index in [0.717, 1.165) is 60.6 Å². The number of unbranched alkanes of at least 4 members (excludes halogenated alkanes) is 1. The Bertz CT molecular complexity index is 914. The summed E-state index contributed by atoms with van der Waals surface area (Å²) in [6, 6.07) is 7.44. The molecular weight excluding hydrogens is 410 g/mol. The molecule has 1 saturated carbocycles. The molecular formula is C24H35N3O3S. The summed E-state index contributed by atoms with van der Waals surface area (Å²) in [6.07, 6.45) is 5.73. The number of benzene rings is 1. The van der Waals surface area contributed by atoms with Crippen LogP contribution in [0.3, 0.4) is 0 Å². The molecule has 1 aliphatic carbocycles. The van der Waals surface area contributed by atoms with Crippen LogP contribution in [0.5, 0.6) is 0 Å². The van der Waals surface area contributed by atoms with Crippen molar-refractivity contribution in [1.29, 1.82) is 0 Å². The van der Waals surface area contributed by atoms with Gasteiger partial charge >= 0.3 is 5.97 Å². The second-order valence-corrected chi connectivity index (χ2v) is 10.5. The molecule has 7 heteroatoms. The van der Waals surface area contributed by atoms with Crippen LogP contribution >= 0.6 is 11.8 Å². The van der Waals surface area contributed by atoms with Crippen molar-refractivity contribution < 1.29 is 14.7 Å². The van der Waals surface area contributed by atoms with Crippen molar-refractivity contribution in [2.75, 3.05) is 12.3 Å². The fraction of sp³-hybridized carbons (Fsp3) is 0.625. The molecule has 1 atom stereocenters. The van der Waals surface area contributed by atoms with Gasteiger partial charge in [0.2, 0.25) is 5.91 Å². The van der Waals surface area contributed by atoms with Crippen LogP contribution in [0.4, 0.5) is 0 Å². The molecule has 170 valence electrons. The fourth-order valence-electron chi connectivity index (χ4n) is 4.01. The third kappa shape index (κ3) is 5.82. The van der Waals surface area contributed by atoms with E-state index >= 15 is 0 Å². The van der Waals surface area contributed by atoms with Crippen LogP contribution in [0.1, 0.15) is 72.3 Å². The molecule has 1 N–H and O–H groups in total. The lowest BCUT2D eigenvalue weighted by Crippen LogP contribution is -2.34. The number of hydrogen-bond donors (Lipinski definition) is 1. The minimum Gasteiger partial charge on any atom is -0.480 e. The zero-order valence-corrected chi connectivity index (χ0v) is 20.0. The van der Waals surface area contributed by atoms with Crippen LogP contribution in [0.2, 0.25) is 0 Å². The number of carboxylic acids is 1. The average Bonchev–Trinajstić information content (AvgIpc) is 3.48. The minimum atomic E-state index is -0.848. The smallest absolute Gasteiger partial charge is 0.327 e. The fourth-order valence-corrected chi connectivity index (χ4v) is 4.97. The van der Waals surface area contributed by atoms with Crippen LogP contribution in [-0.2, 0) is 9.59 Å². The number of carboxylic acid groups (broad SMARTS) is 1. The molecule has 6 nitrogen and oxygen atoms in total. The minimum absolute atomic E-state index is 0.278. The number of imidazole rings is 1. The Kier molecular flexibility index (Phi) is 7.68. The summed E-state index contributed by atoms with van der Waals surface area (Å²) in [7, 11) is 0. The molecule has 2 aromatic rings. The maximum absolute atomic E-state index is 12.5. The van der Waals surface area contributed by atoms with Crippen molar-refractivity contribution in [3.63, 3.8) is 0 Å². The normalized spacial score (nSPS) is 15.2. The van der Waals surface area contributed by atoms with E-state index in [4.69, 9.17) is 4.98 Å². The summed E-state index contributed by atoms with van der Waals surface area (Å²) in [6.45, 7) is 8.72. The summed E-state index contributed by atoms with van der Waals surface area (Å²) in [4.78, 5) is 31.5. The first kappa shape index (κ1) is 23.6. The molecule has 31 heavy (non-hydrogen) atoms. The van der Waals surface area contributed by atoms with Gasteiger partial charge in [0.1, 0.15) is 6.04 Å². The van der Waals surface area contributed by atoms with E-state index in [-0.39, 0.29) is 5.91 Å². The predicted molar refractivity (Wildman–Crippen MR) is 125 cm³/mol. The number of rotatable bonds is 11. The molecule has 1 aromatic heterocycles. The number of aromatic nitrogens is 2. The van der Waals surface area contributed by atoms with E-state index < -0.39 is 17.4 Å². The van der Waals surface area contributed by atoms with E-state index in [9.17, 15) is 14.7 Å². The second-order valence-electron chi connectivity index (χ2n) is 9.48. The summed E-state index contributed by atoms with van der Waals surface area (Å²) in [5.41, 5.74) is 1.20.